The van der Waals surface area contributed by atoms with Crippen molar-refractivity contribution in [2.75, 3.05) is 11.9 Å². The summed E-state index contributed by atoms with van der Waals surface area (Å²) < 4.78 is 6.17. The van der Waals surface area contributed by atoms with Crippen LogP contribution in [0.4, 0.5) is 5.00 Å². The number of halogens is 1. The molecule has 0 bridgehead atoms. The van der Waals surface area contributed by atoms with E-state index < -0.39 is 5.97 Å². The molecule has 29 heavy (non-hydrogen) atoms. The van der Waals surface area contributed by atoms with Gasteiger partial charge in [0.05, 0.1) is 6.61 Å². The fourth-order valence-corrected chi connectivity index (χ4v) is 4.08. The number of carbonyl (C=O) groups is 2. The van der Waals surface area contributed by atoms with Gasteiger partial charge in [0.2, 0.25) is 0 Å². The molecule has 0 saturated heterocycles. The number of nitrogens with one attached hydrogen (secondary N) is 2. The van der Waals surface area contributed by atoms with Crippen molar-refractivity contribution in [3.8, 4) is 11.1 Å². The largest absolute Gasteiger partial charge is 0.462 e. The Morgan fingerprint density at radius 3 is 2.45 bits per heavy atom. The lowest BCUT2D eigenvalue weighted by Crippen LogP contribution is -2.34. The molecular weight excluding hydrogens is 472 g/mol. The smallest absolute Gasteiger partial charge is 0.341 e. The normalized spacial score (nSPS) is 10.3. The van der Waals surface area contributed by atoms with Crippen LogP contribution < -0.4 is 10.6 Å². The van der Waals surface area contributed by atoms with E-state index >= 15 is 0 Å². The van der Waals surface area contributed by atoms with E-state index in [1.54, 1.807) is 31.2 Å². The van der Waals surface area contributed by atoms with Crippen molar-refractivity contribution in [2.45, 2.75) is 6.92 Å². The number of anilines is 1. The molecule has 0 unspecified atom stereocenters. The zero-order valence-corrected chi connectivity index (χ0v) is 18.6. The molecule has 5 nitrogen and oxygen atoms in total. The topological polar surface area (TPSA) is 67.4 Å². The maximum Gasteiger partial charge on any atom is 0.341 e. The molecule has 0 saturated carbocycles. The van der Waals surface area contributed by atoms with Gasteiger partial charge in [-0.3, -0.25) is 10.1 Å². The molecule has 2 aromatic carbocycles. The number of hydrogen-bond acceptors (Lipinski definition) is 5. The van der Waals surface area contributed by atoms with Crippen molar-refractivity contribution in [3.63, 3.8) is 0 Å². The van der Waals surface area contributed by atoms with Crippen molar-refractivity contribution >= 4 is 61.5 Å². The fraction of sp³-hybridized carbons (Fsp3) is 0.0952. The van der Waals surface area contributed by atoms with E-state index in [-0.39, 0.29) is 17.6 Å². The van der Waals surface area contributed by atoms with Gasteiger partial charge < -0.3 is 10.1 Å². The summed E-state index contributed by atoms with van der Waals surface area (Å²) in [7, 11) is 0. The van der Waals surface area contributed by atoms with E-state index in [4.69, 9.17) is 17.0 Å². The number of carbonyl (C=O) groups excluding carboxylic acids is 2. The second-order valence-corrected chi connectivity index (χ2v) is 8.06. The Kier molecular flexibility index (Phi) is 7.13. The molecule has 0 aliphatic rings. The molecule has 2 N–H and O–H groups in total. The summed E-state index contributed by atoms with van der Waals surface area (Å²) in [6, 6.07) is 16.4. The Labute approximate surface area is 186 Å². The molecular formula is C21H17BrN2O3S2. The summed E-state index contributed by atoms with van der Waals surface area (Å²) in [5.41, 5.74) is 2.49. The Balaban J connectivity index is 1.84. The van der Waals surface area contributed by atoms with Crippen LogP contribution in [0.3, 0.4) is 0 Å². The number of thiocarbonyl (C=S) groups is 1. The summed E-state index contributed by atoms with van der Waals surface area (Å²) in [6.45, 7) is 2.00. The van der Waals surface area contributed by atoms with Crippen LogP contribution in [0.2, 0.25) is 0 Å². The molecule has 0 atom stereocenters. The first kappa shape index (κ1) is 21.2. The second-order valence-electron chi connectivity index (χ2n) is 5.86. The molecule has 1 heterocycles. The van der Waals surface area contributed by atoms with E-state index in [9.17, 15) is 9.59 Å². The summed E-state index contributed by atoms with van der Waals surface area (Å²) in [6.07, 6.45) is 0. The molecule has 0 aliphatic carbocycles. The number of thiophene rings is 1. The van der Waals surface area contributed by atoms with Crippen molar-refractivity contribution in [1.29, 1.82) is 0 Å². The first-order valence-electron chi connectivity index (χ1n) is 8.71. The molecule has 3 rings (SSSR count). The first-order chi connectivity index (χ1) is 14.0. The molecule has 8 heteroatoms. The fourth-order valence-electron chi connectivity index (χ4n) is 2.60. The standard InChI is InChI=1S/C21H17BrN2O3S2/c1-2-27-20(26)17-16(13-8-10-15(22)11-9-13)12-29-19(17)24-21(28)23-18(25)14-6-4-3-5-7-14/h3-12H,2H2,1H3,(H2,23,24,25,28). The average Bonchev–Trinajstić information content (AvgIpc) is 3.12. The van der Waals surface area contributed by atoms with Gasteiger partial charge in [0.25, 0.3) is 5.91 Å². The van der Waals surface area contributed by atoms with Crippen LogP contribution in [0.1, 0.15) is 27.6 Å². The van der Waals surface area contributed by atoms with Crippen LogP contribution in [0.5, 0.6) is 0 Å². The van der Waals surface area contributed by atoms with Gasteiger partial charge in [-0.15, -0.1) is 11.3 Å². The van der Waals surface area contributed by atoms with Gasteiger partial charge in [0, 0.05) is 21.0 Å². The number of ether oxygens (including phenoxy) is 1. The summed E-state index contributed by atoms with van der Waals surface area (Å²) in [5.74, 6) is -0.781. The van der Waals surface area contributed by atoms with Gasteiger partial charge in [0.15, 0.2) is 5.11 Å². The molecule has 0 aliphatic heterocycles. The third-order valence-electron chi connectivity index (χ3n) is 3.92. The van der Waals surface area contributed by atoms with Gasteiger partial charge in [-0.25, -0.2) is 4.79 Å². The zero-order valence-electron chi connectivity index (χ0n) is 15.4. The Morgan fingerprint density at radius 1 is 1.10 bits per heavy atom. The van der Waals surface area contributed by atoms with Crippen molar-refractivity contribution in [3.05, 3.63) is 75.6 Å². The zero-order chi connectivity index (χ0) is 20.8. The third-order valence-corrected chi connectivity index (χ3v) is 5.54. The van der Waals surface area contributed by atoms with Gasteiger partial charge in [-0.1, -0.05) is 46.3 Å². The van der Waals surface area contributed by atoms with Gasteiger partial charge >= 0.3 is 5.97 Å². The molecule has 0 spiro atoms. The van der Waals surface area contributed by atoms with Crippen LogP contribution in [0.25, 0.3) is 11.1 Å². The van der Waals surface area contributed by atoms with Crippen LogP contribution in [0.15, 0.2) is 64.5 Å². The van der Waals surface area contributed by atoms with Crippen molar-refractivity contribution in [2.24, 2.45) is 0 Å². The van der Waals surface area contributed by atoms with E-state index in [1.807, 2.05) is 35.7 Å². The summed E-state index contributed by atoms with van der Waals surface area (Å²) in [4.78, 5) is 24.9. The van der Waals surface area contributed by atoms with Gasteiger partial charge in [-0.05, 0) is 49.0 Å². The van der Waals surface area contributed by atoms with E-state index in [0.717, 1.165) is 15.6 Å². The highest BCUT2D eigenvalue weighted by atomic mass is 79.9. The SMILES string of the molecule is CCOC(=O)c1c(-c2ccc(Br)cc2)csc1NC(=S)NC(=O)c1ccccc1. The number of rotatable bonds is 5. The van der Waals surface area contributed by atoms with Crippen LogP contribution >= 0.6 is 39.5 Å². The third kappa shape index (κ3) is 5.29. The quantitative estimate of drug-likeness (QED) is 0.367. The highest BCUT2D eigenvalue weighted by Gasteiger charge is 2.22. The second kappa shape index (κ2) is 9.78. The summed E-state index contributed by atoms with van der Waals surface area (Å²) >= 11 is 10.0. The molecule has 1 amide bonds. The van der Waals surface area contributed by atoms with E-state index in [2.05, 4.69) is 26.6 Å². The number of benzene rings is 2. The van der Waals surface area contributed by atoms with Gasteiger partial charge in [-0.2, -0.15) is 0 Å². The minimum absolute atomic E-state index is 0.105. The van der Waals surface area contributed by atoms with E-state index in [0.29, 0.717) is 16.1 Å². The Bertz CT molecular complexity index is 1030. The number of esters is 1. The highest BCUT2D eigenvalue weighted by Crippen LogP contribution is 2.36. The van der Waals surface area contributed by atoms with Gasteiger partial charge in [0.1, 0.15) is 10.6 Å². The average molecular weight is 489 g/mol. The molecule has 3 aromatic rings. The lowest BCUT2D eigenvalue weighted by molar-refractivity contribution is 0.0529. The van der Waals surface area contributed by atoms with Crippen LogP contribution in [-0.2, 0) is 4.74 Å². The maximum atomic E-state index is 12.6. The summed E-state index contributed by atoms with van der Waals surface area (Å²) in [5, 5.41) is 8.07. The van der Waals surface area contributed by atoms with Crippen molar-refractivity contribution in [1.82, 2.24) is 5.32 Å². The lowest BCUT2D eigenvalue weighted by atomic mass is 10.0. The predicted molar refractivity (Wildman–Crippen MR) is 124 cm³/mol. The molecule has 148 valence electrons. The Morgan fingerprint density at radius 2 is 1.79 bits per heavy atom. The van der Waals surface area contributed by atoms with E-state index in [1.165, 1.54) is 11.3 Å². The van der Waals surface area contributed by atoms with Crippen LogP contribution in [0, 0.1) is 0 Å². The predicted octanol–water partition coefficient (Wildman–Crippen LogP) is 5.48. The molecule has 0 radical (unpaired) electrons. The highest BCUT2D eigenvalue weighted by molar-refractivity contribution is 9.10. The maximum absolute atomic E-state index is 12.6. The first-order valence-corrected chi connectivity index (χ1v) is 10.8. The Hall–Kier alpha value is -2.55. The minimum Gasteiger partial charge on any atom is -0.462 e. The monoisotopic (exact) mass is 488 g/mol. The molecule has 1 aromatic heterocycles. The number of hydrogen-bond donors (Lipinski definition) is 2. The number of amides is 1. The van der Waals surface area contributed by atoms with Crippen LogP contribution in [-0.4, -0.2) is 23.6 Å². The molecule has 0 fully saturated rings. The van der Waals surface area contributed by atoms with Crippen molar-refractivity contribution < 1.29 is 14.3 Å². The lowest BCUT2D eigenvalue weighted by Gasteiger charge is -2.11. The minimum atomic E-state index is -0.452.